The van der Waals surface area contributed by atoms with Crippen LogP contribution in [0, 0.1) is 0 Å². The Labute approximate surface area is 165 Å². The highest BCUT2D eigenvalue weighted by molar-refractivity contribution is 5.86. The molecule has 1 aliphatic rings. The number of nitrogens with one attached hydrogen (secondary N) is 1. The maximum Gasteiger partial charge on any atom is 0.330 e. The molecule has 0 aliphatic carbocycles. The Balaban J connectivity index is 1.42. The molecule has 0 amide bonds. The van der Waals surface area contributed by atoms with Gasteiger partial charge < -0.3 is 9.72 Å². The number of likely N-dealkylation sites (tertiary alicyclic amines) is 1. The van der Waals surface area contributed by atoms with E-state index in [1.807, 2.05) is 12.3 Å². The molecule has 1 aliphatic heterocycles. The van der Waals surface area contributed by atoms with E-state index in [2.05, 4.69) is 56.1 Å². The molecular weight excluding hydrogens is 350 g/mol. The van der Waals surface area contributed by atoms with Gasteiger partial charge in [-0.3, -0.25) is 4.90 Å². The minimum Gasteiger partial charge on any atom is -0.466 e. The van der Waals surface area contributed by atoms with Crippen LogP contribution in [-0.4, -0.2) is 41.0 Å². The van der Waals surface area contributed by atoms with E-state index >= 15 is 0 Å². The van der Waals surface area contributed by atoms with E-state index in [0.29, 0.717) is 6.04 Å². The third-order valence-corrected chi connectivity index (χ3v) is 5.50. The smallest absolute Gasteiger partial charge is 0.330 e. The molecule has 0 radical (unpaired) electrons. The fraction of sp³-hybridized carbons (Fsp3) is 0.304. The molecule has 28 heavy (non-hydrogen) atoms. The molecule has 3 heterocycles. The van der Waals surface area contributed by atoms with Crippen LogP contribution in [0.3, 0.4) is 0 Å². The molecule has 5 nitrogen and oxygen atoms in total. The minimum atomic E-state index is -0.335. The maximum atomic E-state index is 11.2. The van der Waals surface area contributed by atoms with Crippen molar-refractivity contribution in [3.05, 3.63) is 71.6 Å². The molecule has 1 saturated heterocycles. The van der Waals surface area contributed by atoms with Gasteiger partial charge in [-0.15, -0.1) is 0 Å². The van der Waals surface area contributed by atoms with Gasteiger partial charge in [-0.1, -0.05) is 24.3 Å². The summed E-state index contributed by atoms with van der Waals surface area (Å²) in [6.45, 7) is 2.17. The van der Waals surface area contributed by atoms with E-state index in [9.17, 15) is 4.79 Å². The summed E-state index contributed by atoms with van der Waals surface area (Å²) in [5.74, 6) is -0.335. The third kappa shape index (κ3) is 3.99. The summed E-state index contributed by atoms with van der Waals surface area (Å²) >= 11 is 0. The van der Waals surface area contributed by atoms with E-state index in [-0.39, 0.29) is 5.97 Å². The zero-order chi connectivity index (χ0) is 19.3. The summed E-state index contributed by atoms with van der Waals surface area (Å²) in [6, 6.07) is 13.1. The Bertz CT molecular complexity index is 975. The number of aromatic nitrogens is 2. The Morgan fingerprint density at radius 1 is 1.32 bits per heavy atom. The number of fused-ring (bicyclic) bond motifs is 1. The van der Waals surface area contributed by atoms with Crippen LogP contribution in [0.1, 0.15) is 35.6 Å². The zero-order valence-electron chi connectivity index (χ0n) is 16.1. The van der Waals surface area contributed by atoms with Crippen LogP contribution < -0.4 is 0 Å². The number of carbonyl (C=O) groups excluding carboxylic acids is 1. The lowest BCUT2D eigenvalue weighted by molar-refractivity contribution is -0.134. The number of H-pyrrole nitrogens is 1. The molecule has 2 aromatic heterocycles. The van der Waals surface area contributed by atoms with Gasteiger partial charge in [-0.2, -0.15) is 0 Å². The van der Waals surface area contributed by atoms with Crippen molar-refractivity contribution >= 4 is 23.1 Å². The average Bonchev–Trinajstić information content (AvgIpc) is 3.37. The molecule has 3 aromatic rings. The first kappa shape index (κ1) is 18.4. The van der Waals surface area contributed by atoms with E-state index in [1.165, 1.54) is 42.5 Å². The van der Waals surface area contributed by atoms with Crippen molar-refractivity contribution in [3.63, 3.8) is 0 Å². The molecule has 144 valence electrons. The third-order valence-electron chi connectivity index (χ3n) is 5.50. The van der Waals surface area contributed by atoms with Crippen molar-refractivity contribution in [2.24, 2.45) is 0 Å². The number of pyridine rings is 1. The number of benzene rings is 1. The minimum absolute atomic E-state index is 0.335. The van der Waals surface area contributed by atoms with Gasteiger partial charge in [0.2, 0.25) is 0 Å². The van der Waals surface area contributed by atoms with Crippen LogP contribution in [0.25, 0.3) is 17.1 Å². The highest BCUT2D eigenvalue weighted by Crippen LogP contribution is 2.32. The SMILES string of the molecule is COC(=O)C=Cc1ccc(C2CCCN2CCc2c[nH]c3ncccc23)cc1. The van der Waals surface area contributed by atoms with Crippen molar-refractivity contribution in [1.82, 2.24) is 14.9 Å². The fourth-order valence-corrected chi connectivity index (χ4v) is 4.02. The predicted molar refractivity (Wildman–Crippen MR) is 111 cm³/mol. The molecule has 1 atom stereocenters. The molecule has 1 unspecified atom stereocenters. The summed E-state index contributed by atoms with van der Waals surface area (Å²) in [6.07, 6.45) is 10.6. The highest BCUT2D eigenvalue weighted by Gasteiger charge is 2.25. The van der Waals surface area contributed by atoms with Crippen molar-refractivity contribution in [3.8, 4) is 0 Å². The van der Waals surface area contributed by atoms with Crippen LogP contribution in [0.2, 0.25) is 0 Å². The first-order valence-electron chi connectivity index (χ1n) is 9.75. The van der Waals surface area contributed by atoms with Crippen molar-refractivity contribution in [1.29, 1.82) is 0 Å². The van der Waals surface area contributed by atoms with E-state index in [0.717, 1.165) is 30.7 Å². The second-order valence-electron chi connectivity index (χ2n) is 7.18. The number of hydrogen-bond acceptors (Lipinski definition) is 4. The molecule has 0 spiro atoms. The summed E-state index contributed by atoms with van der Waals surface area (Å²) in [5, 5.41) is 1.22. The number of nitrogens with zero attached hydrogens (tertiary/aromatic N) is 2. The van der Waals surface area contributed by atoms with Gasteiger partial charge in [-0.25, -0.2) is 9.78 Å². The van der Waals surface area contributed by atoms with Gasteiger partial charge in [-0.05, 0) is 60.7 Å². The topological polar surface area (TPSA) is 58.2 Å². The molecule has 0 bridgehead atoms. The Hall–Kier alpha value is -2.92. The van der Waals surface area contributed by atoms with Crippen LogP contribution in [-0.2, 0) is 16.0 Å². The van der Waals surface area contributed by atoms with Crippen LogP contribution in [0.5, 0.6) is 0 Å². The number of aromatic amines is 1. The van der Waals surface area contributed by atoms with Crippen LogP contribution >= 0.6 is 0 Å². The average molecular weight is 375 g/mol. The number of esters is 1. The molecule has 4 rings (SSSR count). The lowest BCUT2D eigenvalue weighted by Crippen LogP contribution is -2.25. The van der Waals surface area contributed by atoms with Crippen molar-refractivity contribution in [2.45, 2.75) is 25.3 Å². The molecule has 5 heteroatoms. The molecule has 1 fully saturated rings. The van der Waals surface area contributed by atoms with Gasteiger partial charge >= 0.3 is 5.97 Å². The van der Waals surface area contributed by atoms with Crippen molar-refractivity contribution in [2.75, 3.05) is 20.2 Å². The van der Waals surface area contributed by atoms with Crippen molar-refractivity contribution < 1.29 is 9.53 Å². The quantitative estimate of drug-likeness (QED) is 0.520. The van der Waals surface area contributed by atoms with Gasteiger partial charge in [0.1, 0.15) is 5.65 Å². The number of rotatable bonds is 6. The molecule has 0 saturated carbocycles. The van der Waals surface area contributed by atoms with E-state index in [4.69, 9.17) is 0 Å². The van der Waals surface area contributed by atoms with Gasteiger partial charge in [0.05, 0.1) is 7.11 Å². The summed E-state index contributed by atoms with van der Waals surface area (Å²) in [7, 11) is 1.39. The molecular formula is C23H25N3O2. The Kier molecular flexibility index (Phi) is 5.53. The van der Waals surface area contributed by atoms with E-state index in [1.54, 1.807) is 6.08 Å². The number of hydrogen-bond donors (Lipinski definition) is 1. The number of methoxy groups -OCH3 is 1. The maximum absolute atomic E-state index is 11.2. The molecule has 1 N–H and O–H groups in total. The van der Waals surface area contributed by atoms with Gasteiger partial charge in [0, 0.05) is 36.4 Å². The van der Waals surface area contributed by atoms with E-state index < -0.39 is 0 Å². The lowest BCUT2D eigenvalue weighted by Gasteiger charge is -2.25. The summed E-state index contributed by atoms with van der Waals surface area (Å²) in [4.78, 5) is 21.5. The normalized spacial score (nSPS) is 17.5. The van der Waals surface area contributed by atoms with Gasteiger partial charge in [0.25, 0.3) is 0 Å². The monoisotopic (exact) mass is 375 g/mol. The predicted octanol–water partition coefficient (Wildman–Crippen LogP) is 4.13. The Morgan fingerprint density at radius 2 is 2.18 bits per heavy atom. The first-order valence-corrected chi connectivity index (χ1v) is 9.75. The number of ether oxygens (including phenoxy) is 1. The largest absolute Gasteiger partial charge is 0.466 e. The van der Waals surface area contributed by atoms with Crippen LogP contribution in [0.4, 0.5) is 0 Å². The lowest BCUT2D eigenvalue weighted by atomic mass is 10.0. The standard InChI is InChI=1S/C23H25N3O2/c1-28-22(27)11-8-17-6-9-18(10-7-17)21-5-3-14-26(21)15-12-19-16-25-23-20(19)4-2-13-24-23/h2,4,6-11,13,16,21H,3,5,12,14-15H2,1H3,(H,24,25). The second-order valence-corrected chi connectivity index (χ2v) is 7.18. The number of carbonyl (C=O) groups is 1. The van der Waals surface area contributed by atoms with Gasteiger partial charge in [0.15, 0.2) is 0 Å². The van der Waals surface area contributed by atoms with Crippen LogP contribution in [0.15, 0.2) is 54.9 Å². The fourth-order valence-electron chi connectivity index (χ4n) is 4.02. The second kappa shape index (κ2) is 8.40. The summed E-state index contributed by atoms with van der Waals surface area (Å²) in [5.41, 5.74) is 4.64. The zero-order valence-corrected chi connectivity index (χ0v) is 16.1. The molecule has 1 aromatic carbocycles. The summed E-state index contributed by atoms with van der Waals surface area (Å²) < 4.78 is 4.64. The first-order chi connectivity index (χ1) is 13.7. The Morgan fingerprint density at radius 3 is 3.00 bits per heavy atom. The highest BCUT2D eigenvalue weighted by atomic mass is 16.5.